The van der Waals surface area contributed by atoms with E-state index < -0.39 is 0 Å². The predicted octanol–water partition coefficient (Wildman–Crippen LogP) is 4.97. The van der Waals surface area contributed by atoms with Crippen molar-refractivity contribution < 1.29 is 4.92 Å². The molecule has 0 spiro atoms. The molecule has 21 heavy (non-hydrogen) atoms. The molecule has 6 heteroatoms. The molecular weight excluding hydrogens is 308 g/mol. The number of nitrogens with one attached hydrogen (secondary N) is 1. The molecule has 0 amide bonds. The molecule has 110 valence electrons. The topological polar surface area (TPSA) is 55.2 Å². The zero-order valence-corrected chi connectivity index (χ0v) is 13.1. The Kier molecular flexibility index (Phi) is 5.47. The molecule has 0 aromatic heterocycles. The first kappa shape index (κ1) is 15.7. The van der Waals surface area contributed by atoms with Crippen molar-refractivity contribution in [3.8, 4) is 0 Å². The van der Waals surface area contributed by atoms with Gasteiger partial charge in [-0.1, -0.05) is 17.7 Å². The Balaban J connectivity index is 2.11. The lowest BCUT2D eigenvalue weighted by Gasteiger charge is -2.07. The van der Waals surface area contributed by atoms with Gasteiger partial charge in [-0.2, -0.15) is 0 Å². The zero-order valence-electron chi connectivity index (χ0n) is 11.5. The highest BCUT2D eigenvalue weighted by Crippen LogP contribution is 2.29. The number of halogens is 1. The molecule has 0 saturated heterocycles. The maximum Gasteiger partial charge on any atom is 0.292 e. The summed E-state index contributed by atoms with van der Waals surface area (Å²) < 4.78 is 0. The monoisotopic (exact) mass is 322 g/mol. The summed E-state index contributed by atoms with van der Waals surface area (Å²) in [5, 5.41) is 14.8. The second-order valence-corrected chi connectivity index (χ2v) is 5.87. The Morgan fingerprint density at radius 3 is 2.57 bits per heavy atom. The number of nitrogens with zero attached hydrogens (tertiary/aromatic N) is 1. The number of nitro groups is 1. The molecule has 4 nitrogen and oxygen atoms in total. The van der Waals surface area contributed by atoms with Crippen LogP contribution in [0.1, 0.15) is 12.5 Å². The van der Waals surface area contributed by atoms with Crippen LogP contribution in [0.4, 0.5) is 11.4 Å². The largest absolute Gasteiger partial charge is 0.380 e. The third-order valence-corrected chi connectivity index (χ3v) is 4.18. The highest BCUT2D eigenvalue weighted by Gasteiger charge is 2.13. The normalized spacial score (nSPS) is 10.4. The van der Waals surface area contributed by atoms with E-state index in [2.05, 4.69) is 5.32 Å². The summed E-state index contributed by atoms with van der Waals surface area (Å²) in [6, 6.07) is 12.8. The summed E-state index contributed by atoms with van der Waals surface area (Å²) in [6.45, 7) is 2.56. The minimum Gasteiger partial charge on any atom is -0.380 e. The fraction of sp³-hybridized carbons (Fsp3) is 0.200. The van der Waals surface area contributed by atoms with Gasteiger partial charge in [0.25, 0.3) is 5.69 Å². The van der Waals surface area contributed by atoms with Crippen molar-refractivity contribution in [1.29, 1.82) is 0 Å². The molecule has 0 atom stereocenters. The van der Waals surface area contributed by atoms with Gasteiger partial charge in [-0.05, 0) is 42.8 Å². The molecule has 0 aliphatic heterocycles. The Morgan fingerprint density at radius 1 is 1.24 bits per heavy atom. The Labute approximate surface area is 132 Å². The fourth-order valence-electron chi connectivity index (χ4n) is 1.86. The molecule has 0 aliphatic rings. The van der Waals surface area contributed by atoms with E-state index in [0.29, 0.717) is 23.0 Å². The SMILES string of the molecule is CCNc1ccc(CSc2ccc(Cl)cc2)cc1[N+](=O)[O-]. The van der Waals surface area contributed by atoms with Crippen molar-refractivity contribution in [2.45, 2.75) is 17.6 Å². The lowest BCUT2D eigenvalue weighted by atomic mass is 10.2. The van der Waals surface area contributed by atoms with Crippen LogP contribution in [0.25, 0.3) is 0 Å². The highest BCUT2D eigenvalue weighted by atomic mass is 35.5. The van der Waals surface area contributed by atoms with E-state index in [9.17, 15) is 10.1 Å². The number of thioether (sulfide) groups is 1. The van der Waals surface area contributed by atoms with Crippen molar-refractivity contribution in [2.24, 2.45) is 0 Å². The van der Waals surface area contributed by atoms with E-state index in [1.54, 1.807) is 23.9 Å². The van der Waals surface area contributed by atoms with Crippen LogP contribution in [0.5, 0.6) is 0 Å². The number of hydrogen-bond donors (Lipinski definition) is 1. The lowest BCUT2D eigenvalue weighted by molar-refractivity contribution is -0.384. The minimum absolute atomic E-state index is 0.117. The van der Waals surface area contributed by atoms with Gasteiger partial charge in [-0.15, -0.1) is 11.8 Å². The van der Waals surface area contributed by atoms with Crippen LogP contribution in [-0.4, -0.2) is 11.5 Å². The van der Waals surface area contributed by atoms with Crippen molar-refractivity contribution in [2.75, 3.05) is 11.9 Å². The standard InChI is InChI=1S/C15H15ClN2O2S/c1-2-17-14-8-3-11(9-15(14)18(19)20)10-21-13-6-4-12(16)5-7-13/h3-9,17H,2,10H2,1H3. The number of anilines is 1. The molecule has 0 heterocycles. The van der Waals surface area contributed by atoms with Crippen LogP contribution < -0.4 is 5.32 Å². The number of hydrogen-bond acceptors (Lipinski definition) is 4. The molecule has 2 aromatic carbocycles. The second-order valence-electron chi connectivity index (χ2n) is 4.38. The molecule has 0 aliphatic carbocycles. The van der Waals surface area contributed by atoms with Gasteiger partial charge in [-0.3, -0.25) is 10.1 Å². The summed E-state index contributed by atoms with van der Waals surface area (Å²) in [5.74, 6) is 0.675. The second kappa shape index (κ2) is 7.33. The molecule has 0 bridgehead atoms. The fourth-order valence-corrected chi connectivity index (χ4v) is 2.82. The van der Waals surface area contributed by atoms with Gasteiger partial charge >= 0.3 is 0 Å². The first-order chi connectivity index (χ1) is 10.1. The first-order valence-electron chi connectivity index (χ1n) is 6.49. The maximum absolute atomic E-state index is 11.1. The maximum atomic E-state index is 11.1. The van der Waals surface area contributed by atoms with Crippen LogP contribution in [-0.2, 0) is 5.75 Å². The Hall–Kier alpha value is -1.72. The summed E-state index contributed by atoms with van der Waals surface area (Å²) in [4.78, 5) is 11.8. The van der Waals surface area contributed by atoms with Gasteiger partial charge in [0.2, 0.25) is 0 Å². The zero-order chi connectivity index (χ0) is 15.2. The van der Waals surface area contributed by atoms with Gasteiger partial charge in [0, 0.05) is 28.3 Å². The van der Waals surface area contributed by atoms with Gasteiger partial charge in [0.15, 0.2) is 0 Å². The van der Waals surface area contributed by atoms with E-state index in [1.165, 1.54) is 0 Å². The van der Waals surface area contributed by atoms with Crippen LogP contribution in [0.2, 0.25) is 5.02 Å². The number of rotatable bonds is 6. The van der Waals surface area contributed by atoms with Crippen LogP contribution in [0, 0.1) is 10.1 Å². The van der Waals surface area contributed by atoms with Crippen molar-refractivity contribution in [1.82, 2.24) is 0 Å². The van der Waals surface area contributed by atoms with E-state index in [4.69, 9.17) is 11.6 Å². The van der Waals surface area contributed by atoms with Crippen molar-refractivity contribution in [3.63, 3.8) is 0 Å². The van der Waals surface area contributed by atoms with E-state index in [1.807, 2.05) is 37.3 Å². The third kappa shape index (κ3) is 4.37. The molecule has 0 saturated carbocycles. The summed E-state index contributed by atoms with van der Waals surface area (Å²) >= 11 is 7.46. The quantitative estimate of drug-likeness (QED) is 0.463. The van der Waals surface area contributed by atoms with Crippen LogP contribution in [0.15, 0.2) is 47.4 Å². The predicted molar refractivity (Wildman–Crippen MR) is 88.3 cm³/mol. The van der Waals surface area contributed by atoms with Crippen LogP contribution in [0.3, 0.4) is 0 Å². The van der Waals surface area contributed by atoms with E-state index >= 15 is 0 Å². The van der Waals surface area contributed by atoms with Gasteiger partial charge < -0.3 is 5.32 Å². The van der Waals surface area contributed by atoms with Gasteiger partial charge in [0.1, 0.15) is 5.69 Å². The van der Waals surface area contributed by atoms with Crippen LogP contribution >= 0.6 is 23.4 Å². The number of nitro benzene ring substituents is 1. The van der Waals surface area contributed by atoms with Gasteiger partial charge in [-0.25, -0.2) is 0 Å². The summed E-state index contributed by atoms with van der Waals surface area (Å²) in [5.41, 5.74) is 1.59. The Bertz CT molecular complexity index is 632. The smallest absolute Gasteiger partial charge is 0.292 e. The lowest BCUT2D eigenvalue weighted by Crippen LogP contribution is -2.01. The average Bonchev–Trinajstić information content (AvgIpc) is 2.48. The minimum atomic E-state index is -0.353. The molecule has 0 unspecified atom stereocenters. The molecule has 2 rings (SSSR count). The van der Waals surface area contributed by atoms with Gasteiger partial charge in [0.05, 0.1) is 4.92 Å². The molecule has 0 radical (unpaired) electrons. The molecule has 2 aromatic rings. The van der Waals surface area contributed by atoms with Crippen molar-refractivity contribution >= 4 is 34.7 Å². The third-order valence-electron chi connectivity index (χ3n) is 2.85. The number of benzene rings is 2. The molecule has 1 N–H and O–H groups in total. The Morgan fingerprint density at radius 2 is 1.95 bits per heavy atom. The first-order valence-corrected chi connectivity index (χ1v) is 7.86. The average molecular weight is 323 g/mol. The molecule has 0 fully saturated rings. The highest BCUT2D eigenvalue weighted by molar-refractivity contribution is 7.98. The van der Waals surface area contributed by atoms with E-state index in [-0.39, 0.29) is 10.6 Å². The molecular formula is C15H15ClN2O2S. The van der Waals surface area contributed by atoms with Crippen molar-refractivity contribution in [3.05, 3.63) is 63.2 Å². The summed E-state index contributed by atoms with van der Waals surface area (Å²) in [6.07, 6.45) is 0. The summed E-state index contributed by atoms with van der Waals surface area (Å²) in [7, 11) is 0. The van der Waals surface area contributed by atoms with E-state index in [0.717, 1.165) is 10.5 Å².